The molecular formula is C10H6ClNO. The molecule has 0 unspecified atom stereocenters. The smallest absolute Gasteiger partial charge is 0.186 e. The van der Waals surface area contributed by atoms with Crippen molar-refractivity contribution in [1.82, 2.24) is 0 Å². The Labute approximate surface area is 81.1 Å². The van der Waals surface area contributed by atoms with E-state index in [0.29, 0.717) is 11.1 Å². The fraction of sp³-hybridized carbons (Fsp3) is 0. The summed E-state index contributed by atoms with van der Waals surface area (Å²) >= 11 is 5.79. The number of rotatable bonds is 2. The third-order valence-electron chi connectivity index (χ3n) is 1.57. The van der Waals surface area contributed by atoms with E-state index in [4.69, 9.17) is 16.9 Å². The van der Waals surface area contributed by atoms with E-state index in [0.717, 1.165) is 0 Å². The fourth-order valence-corrected chi connectivity index (χ4v) is 1.18. The van der Waals surface area contributed by atoms with E-state index in [1.807, 2.05) is 6.07 Å². The third kappa shape index (κ3) is 1.77. The van der Waals surface area contributed by atoms with Crippen LogP contribution >= 0.6 is 11.6 Å². The van der Waals surface area contributed by atoms with Crippen LogP contribution < -0.4 is 0 Å². The standard InChI is InChI=1S/C10H6ClNO/c1-2-9(13)8-5-3-4-7(6-12)10(8)11/h2-5H,1H2. The third-order valence-corrected chi connectivity index (χ3v) is 1.98. The van der Waals surface area contributed by atoms with Gasteiger partial charge in [0.25, 0.3) is 0 Å². The summed E-state index contributed by atoms with van der Waals surface area (Å²) in [5, 5.41) is 8.82. The number of benzene rings is 1. The number of ketones is 1. The lowest BCUT2D eigenvalue weighted by Crippen LogP contribution is -1.96. The molecule has 0 radical (unpaired) electrons. The molecule has 0 aliphatic heterocycles. The van der Waals surface area contributed by atoms with E-state index in [-0.39, 0.29) is 10.8 Å². The first-order valence-corrected chi connectivity index (χ1v) is 3.94. The SMILES string of the molecule is C=CC(=O)c1cccc(C#N)c1Cl. The zero-order valence-electron chi connectivity index (χ0n) is 6.75. The van der Waals surface area contributed by atoms with Crippen molar-refractivity contribution in [2.24, 2.45) is 0 Å². The lowest BCUT2D eigenvalue weighted by atomic mass is 10.1. The molecule has 2 nitrogen and oxygen atoms in total. The molecule has 0 aliphatic carbocycles. The van der Waals surface area contributed by atoms with Crippen LogP contribution in [0.4, 0.5) is 0 Å². The van der Waals surface area contributed by atoms with Gasteiger partial charge in [0.05, 0.1) is 10.6 Å². The highest BCUT2D eigenvalue weighted by Gasteiger charge is 2.09. The molecule has 1 aromatic rings. The minimum Gasteiger partial charge on any atom is -0.289 e. The van der Waals surface area contributed by atoms with Crippen LogP contribution in [0.15, 0.2) is 30.9 Å². The van der Waals surface area contributed by atoms with Crippen molar-refractivity contribution in [2.45, 2.75) is 0 Å². The van der Waals surface area contributed by atoms with Gasteiger partial charge in [0.1, 0.15) is 6.07 Å². The molecular weight excluding hydrogens is 186 g/mol. The maximum atomic E-state index is 11.2. The van der Waals surface area contributed by atoms with Gasteiger partial charge in [-0.1, -0.05) is 24.2 Å². The average molecular weight is 192 g/mol. The van der Waals surface area contributed by atoms with Gasteiger partial charge in [-0.3, -0.25) is 4.79 Å². The van der Waals surface area contributed by atoms with Gasteiger partial charge >= 0.3 is 0 Å². The number of hydrogen-bond donors (Lipinski definition) is 0. The zero-order chi connectivity index (χ0) is 9.84. The number of halogens is 1. The Hall–Kier alpha value is -1.59. The molecule has 1 rings (SSSR count). The van der Waals surface area contributed by atoms with Crippen LogP contribution in [-0.4, -0.2) is 5.78 Å². The summed E-state index contributed by atoms with van der Waals surface area (Å²) in [6.07, 6.45) is 1.17. The molecule has 0 atom stereocenters. The van der Waals surface area contributed by atoms with Gasteiger partial charge in [-0.05, 0) is 18.2 Å². The van der Waals surface area contributed by atoms with E-state index >= 15 is 0 Å². The van der Waals surface area contributed by atoms with Gasteiger partial charge in [0.15, 0.2) is 5.78 Å². The highest BCUT2D eigenvalue weighted by Crippen LogP contribution is 2.20. The van der Waals surface area contributed by atoms with Crippen molar-refractivity contribution in [2.75, 3.05) is 0 Å². The van der Waals surface area contributed by atoms with Crippen molar-refractivity contribution in [1.29, 1.82) is 5.26 Å². The van der Waals surface area contributed by atoms with E-state index in [9.17, 15) is 4.79 Å². The van der Waals surface area contributed by atoms with Gasteiger partial charge in [-0.15, -0.1) is 0 Å². The second kappa shape index (κ2) is 3.88. The normalized spacial score (nSPS) is 8.92. The first kappa shape index (κ1) is 9.50. The second-order valence-electron chi connectivity index (χ2n) is 2.35. The highest BCUT2D eigenvalue weighted by molar-refractivity contribution is 6.35. The Morgan fingerprint density at radius 3 is 2.85 bits per heavy atom. The summed E-state index contributed by atoms with van der Waals surface area (Å²) in [4.78, 5) is 11.2. The Kier molecular flexibility index (Phi) is 2.84. The Balaban J connectivity index is 3.33. The van der Waals surface area contributed by atoms with Crippen molar-refractivity contribution >= 4 is 17.4 Å². The first-order chi connectivity index (χ1) is 6.20. The number of allylic oxidation sites excluding steroid dienone is 1. The predicted molar refractivity (Wildman–Crippen MR) is 50.7 cm³/mol. The lowest BCUT2D eigenvalue weighted by molar-refractivity contribution is 0.104. The molecule has 64 valence electrons. The minimum absolute atomic E-state index is 0.190. The van der Waals surface area contributed by atoms with Crippen LogP contribution in [0.5, 0.6) is 0 Å². The van der Waals surface area contributed by atoms with Gasteiger partial charge in [0.2, 0.25) is 0 Å². The Bertz CT molecular complexity index is 404. The molecule has 13 heavy (non-hydrogen) atoms. The predicted octanol–water partition coefficient (Wildman–Crippen LogP) is 2.58. The van der Waals surface area contributed by atoms with Crippen LogP contribution in [0.3, 0.4) is 0 Å². The number of nitrogens with zero attached hydrogens (tertiary/aromatic N) is 1. The van der Waals surface area contributed by atoms with Crippen molar-refractivity contribution in [3.05, 3.63) is 47.0 Å². The van der Waals surface area contributed by atoms with E-state index in [1.54, 1.807) is 18.2 Å². The van der Waals surface area contributed by atoms with Crippen LogP contribution in [0, 0.1) is 11.3 Å². The Morgan fingerprint density at radius 2 is 2.31 bits per heavy atom. The molecule has 0 aromatic heterocycles. The molecule has 0 N–H and O–H groups in total. The summed E-state index contributed by atoms with van der Waals surface area (Å²) in [5.41, 5.74) is 0.616. The number of hydrogen-bond acceptors (Lipinski definition) is 2. The van der Waals surface area contributed by atoms with Gasteiger partial charge in [0, 0.05) is 5.56 Å². The van der Waals surface area contributed by atoms with Gasteiger partial charge in [-0.25, -0.2) is 0 Å². The molecule has 0 saturated carbocycles. The molecule has 0 bridgehead atoms. The minimum atomic E-state index is -0.276. The first-order valence-electron chi connectivity index (χ1n) is 3.56. The molecule has 0 fully saturated rings. The summed E-state index contributed by atoms with van der Waals surface area (Å²) < 4.78 is 0. The zero-order valence-corrected chi connectivity index (χ0v) is 7.51. The molecule has 0 aliphatic rings. The van der Waals surface area contributed by atoms with E-state index < -0.39 is 0 Å². The Morgan fingerprint density at radius 1 is 1.62 bits per heavy atom. The van der Waals surface area contributed by atoms with Crippen molar-refractivity contribution in [3.8, 4) is 6.07 Å². The summed E-state index contributed by atoms with van der Waals surface area (Å²) in [5.74, 6) is -0.276. The summed E-state index contributed by atoms with van der Waals surface area (Å²) in [7, 11) is 0. The molecule has 0 saturated heterocycles. The van der Waals surface area contributed by atoms with Crippen LogP contribution in [0.2, 0.25) is 5.02 Å². The van der Waals surface area contributed by atoms with Crippen LogP contribution in [0.25, 0.3) is 0 Å². The lowest BCUT2D eigenvalue weighted by Gasteiger charge is -2.00. The maximum Gasteiger partial charge on any atom is 0.186 e. The molecule has 3 heteroatoms. The number of carbonyl (C=O) groups is 1. The molecule has 0 amide bonds. The number of carbonyl (C=O) groups excluding carboxylic acids is 1. The van der Waals surface area contributed by atoms with Crippen molar-refractivity contribution < 1.29 is 4.79 Å². The molecule has 1 aromatic carbocycles. The monoisotopic (exact) mass is 191 g/mol. The molecule has 0 spiro atoms. The topological polar surface area (TPSA) is 40.9 Å². The quantitative estimate of drug-likeness (QED) is 0.533. The van der Waals surface area contributed by atoms with E-state index in [2.05, 4.69) is 6.58 Å². The second-order valence-corrected chi connectivity index (χ2v) is 2.73. The van der Waals surface area contributed by atoms with Crippen LogP contribution in [-0.2, 0) is 0 Å². The largest absolute Gasteiger partial charge is 0.289 e. The fourth-order valence-electron chi connectivity index (χ4n) is 0.919. The van der Waals surface area contributed by atoms with Gasteiger partial charge in [-0.2, -0.15) is 5.26 Å². The van der Waals surface area contributed by atoms with E-state index in [1.165, 1.54) is 6.08 Å². The average Bonchev–Trinajstić information content (AvgIpc) is 2.17. The maximum absolute atomic E-state index is 11.2. The summed E-state index contributed by atoms with van der Waals surface area (Å²) in [6, 6.07) is 6.63. The number of nitriles is 1. The highest BCUT2D eigenvalue weighted by atomic mass is 35.5. The molecule has 0 heterocycles. The van der Waals surface area contributed by atoms with Gasteiger partial charge < -0.3 is 0 Å². The summed E-state index contributed by atoms with van der Waals surface area (Å²) in [6.45, 7) is 3.34. The van der Waals surface area contributed by atoms with Crippen LogP contribution in [0.1, 0.15) is 15.9 Å². The van der Waals surface area contributed by atoms with Crippen molar-refractivity contribution in [3.63, 3.8) is 0 Å².